The van der Waals surface area contributed by atoms with Gasteiger partial charge in [-0.1, -0.05) is 28.9 Å². The molecule has 0 amide bonds. The Morgan fingerprint density at radius 1 is 1.37 bits per heavy atom. The molecule has 19 heavy (non-hydrogen) atoms. The first-order valence-electron chi connectivity index (χ1n) is 5.36. The normalized spacial score (nSPS) is 14.4. The lowest BCUT2D eigenvalue weighted by molar-refractivity contribution is -0.138. The van der Waals surface area contributed by atoms with Gasteiger partial charge in [-0.05, 0) is 24.6 Å². The van der Waals surface area contributed by atoms with Crippen LogP contribution in [-0.2, 0) is 16.2 Å². The van der Waals surface area contributed by atoms with E-state index in [1.807, 2.05) is 0 Å². The Morgan fingerprint density at radius 3 is 2.42 bits per heavy atom. The van der Waals surface area contributed by atoms with Crippen LogP contribution < -0.4 is 4.72 Å². The summed E-state index contributed by atoms with van der Waals surface area (Å²) < 4.78 is 64.3. The van der Waals surface area contributed by atoms with Gasteiger partial charge in [0.1, 0.15) is 0 Å². The molecule has 0 aliphatic rings. The van der Waals surface area contributed by atoms with Crippen LogP contribution in [0.25, 0.3) is 0 Å². The standard InChI is InChI=1S/C11H13BrF3NO2S/c1-7(12)6-16-19(17,18)10-5-3-4-9(8(10)2)11(13,14)15/h3-5,7,16H,6H2,1-2H3. The van der Waals surface area contributed by atoms with Crippen LogP contribution in [0.4, 0.5) is 13.2 Å². The van der Waals surface area contributed by atoms with E-state index in [0.717, 1.165) is 25.1 Å². The molecule has 0 saturated carbocycles. The maximum Gasteiger partial charge on any atom is 0.416 e. The molecule has 0 aliphatic heterocycles. The summed E-state index contributed by atoms with van der Waals surface area (Å²) in [7, 11) is -3.95. The molecule has 108 valence electrons. The molecule has 1 N–H and O–H groups in total. The molecule has 0 aromatic heterocycles. The van der Waals surface area contributed by atoms with Crippen molar-refractivity contribution < 1.29 is 21.6 Å². The lowest BCUT2D eigenvalue weighted by Gasteiger charge is -2.15. The minimum absolute atomic E-state index is 0.0953. The molecule has 0 aliphatic carbocycles. The smallest absolute Gasteiger partial charge is 0.210 e. The van der Waals surface area contributed by atoms with Crippen molar-refractivity contribution in [3.63, 3.8) is 0 Å². The second-order valence-electron chi connectivity index (χ2n) is 4.06. The van der Waals surface area contributed by atoms with Crippen LogP contribution in [0.3, 0.4) is 0 Å². The molecule has 8 heteroatoms. The van der Waals surface area contributed by atoms with E-state index in [2.05, 4.69) is 20.7 Å². The summed E-state index contributed by atoms with van der Waals surface area (Å²) in [5.41, 5.74) is -1.24. The quantitative estimate of drug-likeness (QED) is 0.839. The van der Waals surface area contributed by atoms with Gasteiger partial charge in [-0.2, -0.15) is 13.2 Å². The molecule has 1 atom stereocenters. The van der Waals surface area contributed by atoms with Crippen LogP contribution in [0.1, 0.15) is 18.1 Å². The van der Waals surface area contributed by atoms with Gasteiger partial charge in [-0.3, -0.25) is 0 Å². The van der Waals surface area contributed by atoms with Crippen LogP contribution in [0.2, 0.25) is 0 Å². The Bertz CT molecular complexity index is 556. The Labute approximate surface area is 118 Å². The number of sulfonamides is 1. The number of halogens is 4. The summed E-state index contributed by atoms with van der Waals surface area (Å²) in [6, 6.07) is 3.11. The Balaban J connectivity index is 3.22. The number of hydrogen-bond donors (Lipinski definition) is 1. The monoisotopic (exact) mass is 359 g/mol. The van der Waals surface area contributed by atoms with Crippen LogP contribution >= 0.6 is 15.9 Å². The number of hydrogen-bond acceptors (Lipinski definition) is 2. The van der Waals surface area contributed by atoms with Crippen molar-refractivity contribution in [2.45, 2.75) is 29.7 Å². The van der Waals surface area contributed by atoms with Crippen molar-refractivity contribution in [3.05, 3.63) is 29.3 Å². The van der Waals surface area contributed by atoms with Gasteiger partial charge in [-0.25, -0.2) is 13.1 Å². The van der Waals surface area contributed by atoms with E-state index < -0.39 is 21.8 Å². The average molecular weight is 360 g/mol. The van der Waals surface area contributed by atoms with Gasteiger partial charge in [0.15, 0.2) is 0 Å². The molecule has 0 bridgehead atoms. The zero-order valence-electron chi connectivity index (χ0n) is 10.3. The number of rotatable bonds is 4. The molecule has 1 aromatic rings. The number of benzene rings is 1. The fraction of sp³-hybridized carbons (Fsp3) is 0.455. The number of alkyl halides is 4. The number of nitrogens with one attached hydrogen (secondary N) is 1. The third-order valence-corrected chi connectivity index (χ3v) is 4.33. The van der Waals surface area contributed by atoms with Gasteiger partial charge in [0.2, 0.25) is 10.0 Å². The summed E-state index contributed by atoms with van der Waals surface area (Å²) in [6.07, 6.45) is -4.57. The van der Waals surface area contributed by atoms with Crippen molar-refractivity contribution in [2.24, 2.45) is 0 Å². The predicted octanol–water partition coefficient (Wildman–Crippen LogP) is 3.08. The van der Waals surface area contributed by atoms with Gasteiger partial charge in [0.05, 0.1) is 10.5 Å². The van der Waals surface area contributed by atoms with E-state index in [1.54, 1.807) is 6.92 Å². The molecule has 1 rings (SSSR count). The van der Waals surface area contributed by atoms with Crippen molar-refractivity contribution in [1.82, 2.24) is 4.72 Å². The van der Waals surface area contributed by atoms with E-state index in [9.17, 15) is 21.6 Å². The van der Waals surface area contributed by atoms with Gasteiger partial charge < -0.3 is 0 Å². The van der Waals surface area contributed by atoms with Crippen LogP contribution in [-0.4, -0.2) is 19.8 Å². The van der Waals surface area contributed by atoms with E-state index in [-0.39, 0.29) is 21.8 Å². The van der Waals surface area contributed by atoms with E-state index >= 15 is 0 Å². The Hall–Kier alpha value is -0.600. The molecular formula is C11H13BrF3NO2S. The first-order chi connectivity index (χ1) is 8.55. The minimum atomic E-state index is -4.57. The van der Waals surface area contributed by atoms with Crippen LogP contribution in [0, 0.1) is 6.92 Å². The first kappa shape index (κ1) is 16.5. The molecule has 3 nitrogen and oxygen atoms in total. The highest BCUT2D eigenvalue weighted by Crippen LogP contribution is 2.34. The van der Waals surface area contributed by atoms with Crippen molar-refractivity contribution >= 4 is 26.0 Å². The summed E-state index contributed by atoms with van der Waals surface area (Å²) in [5.74, 6) is 0. The van der Waals surface area contributed by atoms with Crippen LogP contribution in [0.15, 0.2) is 23.1 Å². The molecule has 0 heterocycles. The highest BCUT2D eigenvalue weighted by molar-refractivity contribution is 9.09. The summed E-state index contributed by atoms with van der Waals surface area (Å²) >= 11 is 3.16. The molecule has 0 fully saturated rings. The highest BCUT2D eigenvalue weighted by Gasteiger charge is 2.34. The summed E-state index contributed by atoms with van der Waals surface area (Å²) in [4.78, 5) is -0.469. The second kappa shape index (κ2) is 5.80. The second-order valence-corrected chi connectivity index (χ2v) is 7.36. The van der Waals surface area contributed by atoms with Gasteiger partial charge in [0, 0.05) is 11.4 Å². The average Bonchev–Trinajstić information content (AvgIpc) is 2.25. The molecule has 0 saturated heterocycles. The lowest BCUT2D eigenvalue weighted by Crippen LogP contribution is -2.29. The van der Waals surface area contributed by atoms with E-state index in [0.29, 0.717) is 0 Å². The van der Waals surface area contributed by atoms with Crippen molar-refractivity contribution in [1.29, 1.82) is 0 Å². The molecule has 1 unspecified atom stereocenters. The van der Waals surface area contributed by atoms with Crippen molar-refractivity contribution in [2.75, 3.05) is 6.54 Å². The fourth-order valence-corrected chi connectivity index (χ4v) is 3.29. The molecular weight excluding hydrogens is 347 g/mol. The van der Waals surface area contributed by atoms with Gasteiger partial charge in [-0.15, -0.1) is 0 Å². The maximum absolute atomic E-state index is 12.7. The largest absolute Gasteiger partial charge is 0.416 e. The summed E-state index contributed by atoms with van der Waals surface area (Å²) in [5, 5.41) is 0. The van der Waals surface area contributed by atoms with Gasteiger partial charge in [0.25, 0.3) is 0 Å². The first-order valence-corrected chi connectivity index (χ1v) is 7.76. The fourth-order valence-electron chi connectivity index (χ4n) is 1.51. The Morgan fingerprint density at radius 2 is 1.95 bits per heavy atom. The predicted molar refractivity (Wildman–Crippen MR) is 69.8 cm³/mol. The zero-order valence-corrected chi connectivity index (χ0v) is 12.7. The SMILES string of the molecule is Cc1c(C(F)(F)F)cccc1S(=O)(=O)NCC(C)Br. The third kappa shape index (κ3) is 4.19. The highest BCUT2D eigenvalue weighted by atomic mass is 79.9. The van der Waals surface area contributed by atoms with E-state index in [4.69, 9.17) is 0 Å². The topological polar surface area (TPSA) is 46.2 Å². The molecule has 1 aromatic carbocycles. The zero-order chi connectivity index (χ0) is 14.8. The third-order valence-electron chi connectivity index (χ3n) is 2.43. The van der Waals surface area contributed by atoms with Gasteiger partial charge >= 0.3 is 6.18 Å². The molecule has 0 radical (unpaired) electrons. The van der Waals surface area contributed by atoms with E-state index in [1.165, 1.54) is 0 Å². The van der Waals surface area contributed by atoms with Crippen molar-refractivity contribution in [3.8, 4) is 0 Å². The Kier molecular flexibility index (Phi) is 5.02. The summed E-state index contributed by atoms with van der Waals surface area (Å²) in [6.45, 7) is 2.97. The molecule has 0 spiro atoms. The maximum atomic E-state index is 12.7. The minimum Gasteiger partial charge on any atom is -0.210 e. The van der Waals surface area contributed by atoms with Crippen LogP contribution in [0.5, 0.6) is 0 Å². The lowest BCUT2D eigenvalue weighted by atomic mass is 10.1.